The summed E-state index contributed by atoms with van der Waals surface area (Å²) < 4.78 is 0. The SMILES string of the molecule is CC(C)c1cccc(NC(=O)C2CCNC2)c1.Cl. The number of halogens is 1. The second-order valence-corrected chi connectivity index (χ2v) is 4.96. The molecule has 1 unspecified atom stereocenters. The Balaban J connectivity index is 0.00000162. The van der Waals surface area contributed by atoms with Crippen LogP contribution in [-0.4, -0.2) is 19.0 Å². The first-order chi connectivity index (χ1) is 8.16. The van der Waals surface area contributed by atoms with E-state index < -0.39 is 0 Å². The van der Waals surface area contributed by atoms with Crippen LogP contribution in [0.3, 0.4) is 0 Å². The third-order valence-corrected chi connectivity index (χ3v) is 3.25. The number of nitrogens with one attached hydrogen (secondary N) is 2. The Morgan fingerprint density at radius 2 is 2.22 bits per heavy atom. The molecule has 1 saturated heterocycles. The monoisotopic (exact) mass is 268 g/mol. The van der Waals surface area contributed by atoms with Crippen LogP contribution in [0.1, 0.15) is 31.7 Å². The van der Waals surface area contributed by atoms with Gasteiger partial charge in [-0.25, -0.2) is 0 Å². The van der Waals surface area contributed by atoms with Gasteiger partial charge in [-0.1, -0.05) is 26.0 Å². The predicted molar refractivity (Wildman–Crippen MR) is 77.4 cm³/mol. The maximum Gasteiger partial charge on any atom is 0.228 e. The molecule has 0 radical (unpaired) electrons. The van der Waals surface area contributed by atoms with E-state index in [9.17, 15) is 4.79 Å². The summed E-state index contributed by atoms with van der Waals surface area (Å²) in [6.45, 7) is 6.06. The molecule has 1 atom stereocenters. The number of rotatable bonds is 3. The van der Waals surface area contributed by atoms with E-state index in [0.29, 0.717) is 5.92 Å². The molecular weight excluding hydrogens is 248 g/mol. The summed E-state index contributed by atoms with van der Waals surface area (Å²) in [5.41, 5.74) is 2.17. The normalized spacial score (nSPS) is 18.5. The molecule has 0 bridgehead atoms. The molecule has 0 aromatic heterocycles. The molecule has 2 rings (SSSR count). The Hall–Kier alpha value is -1.06. The molecule has 0 spiro atoms. The molecule has 100 valence electrons. The van der Waals surface area contributed by atoms with Crippen LogP contribution in [-0.2, 0) is 4.79 Å². The van der Waals surface area contributed by atoms with Gasteiger partial charge in [-0.2, -0.15) is 0 Å². The first-order valence-corrected chi connectivity index (χ1v) is 6.28. The average Bonchev–Trinajstić information content (AvgIpc) is 2.82. The molecule has 2 N–H and O–H groups in total. The summed E-state index contributed by atoms with van der Waals surface area (Å²) in [5.74, 6) is 0.744. The average molecular weight is 269 g/mol. The Bertz CT molecular complexity index is 401. The van der Waals surface area contributed by atoms with Gasteiger partial charge < -0.3 is 10.6 Å². The summed E-state index contributed by atoms with van der Waals surface area (Å²) in [6, 6.07) is 8.10. The van der Waals surface area contributed by atoms with Gasteiger partial charge in [0, 0.05) is 12.2 Å². The maximum absolute atomic E-state index is 11.9. The van der Waals surface area contributed by atoms with Gasteiger partial charge in [-0.15, -0.1) is 12.4 Å². The van der Waals surface area contributed by atoms with E-state index in [0.717, 1.165) is 25.2 Å². The van der Waals surface area contributed by atoms with Crippen molar-refractivity contribution in [1.82, 2.24) is 5.32 Å². The molecule has 1 aliphatic rings. The Labute approximate surface area is 115 Å². The van der Waals surface area contributed by atoms with Gasteiger partial charge in [0.05, 0.1) is 5.92 Å². The van der Waals surface area contributed by atoms with Crippen molar-refractivity contribution in [2.45, 2.75) is 26.2 Å². The van der Waals surface area contributed by atoms with E-state index >= 15 is 0 Å². The maximum atomic E-state index is 11.9. The van der Waals surface area contributed by atoms with Crippen LogP contribution < -0.4 is 10.6 Å². The number of benzene rings is 1. The van der Waals surface area contributed by atoms with Crippen molar-refractivity contribution < 1.29 is 4.79 Å². The van der Waals surface area contributed by atoms with Crippen molar-refractivity contribution >= 4 is 24.0 Å². The lowest BCUT2D eigenvalue weighted by molar-refractivity contribution is -0.119. The third-order valence-electron chi connectivity index (χ3n) is 3.25. The number of amides is 1. The van der Waals surface area contributed by atoms with E-state index in [4.69, 9.17) is 0 Å². The fourth-order valence-corrected chi connectivity index (χ4v) is 2.10. The minimum absolute atomic E-state index is 0. The molecule has 1 amide bonds. The lowest BCUT2D eigenvalue weighted by Gasteiger charge is -2.12. The van der Waals surface area contributed by atoms with Crippen LogP contribution in [0, 0.1) is 5.92 Å². The predicted octanol–water partition coefficient (Wildman–Crippen LogP) is 2.78. The second kappa shape index (κ2) is 6.76. The third kappa shape index (κ3) is 3.72. The number of carbonyl (C=O) groups excluding carboxylic acids is 1. The van der Waals surface area contributed by atoms with Gasteiger partial charge in [-0.3, -0.25) is 4.79 Å². The first kappa shape index (κ1) is 15.0. The zero-order chi connectivity index (χ0) is 12.3. The summed E-state index contributed by atoms with van der Waals surface area (Å²) in [4.78, 5) is 11.9. The van der Waals surface area contributed by atoms with Crippen molar-refractivity contribution in [2.24, 2.45) is 5.92 Å². The largest absolute Gasteiger partial charge is 0.326 e. The van der Waals surface area contributed by atoms with E-state index in [2.05, 4.69) is 36.6 Å². The van der Waals surface area contributed by atoms with Crippen LogP contribution in [0.4, 0.5) is 5.69 Å². The highest BCUT2D eigenvalue weighted by Crippen LogP contribution is 2.19. The smallest absolute Gasteiger partial charge is 0.228 e. The molecule has 0 aliphatic carbocycles. The Kier molecular flexibility index (Phi) is 5.63. The summed E-state index contributed by atoms with van der Waals surface area (Å²) in [5, 5.41) is 6.21. The van der Waals surface area contributed by atoms with Crippen molar-refractivity contribution in [3.8, 4) is 0 Å². The zero-order valence-corrected chi connectivity index (χ0v) is 11.7. The molecule has 1 heterocycles. The van der Waals surface area contributed by atoms with Crippen molar-refractivity contribution in [1.29, 1.82) is 0 Å². The first-order valence-electron chi connectivity index (χ1n) is 6.28. The van der Waals surface area contributed by atoms with Crippen LogP contribution in [0.15, 0.2) is 24.3 Å². The molecule has 18 heavy (non-hydrogen) atoms. The summed E-state index contributed by atoms with van der Waals surface area (Å²) >= 11 is 0. The van der Waals surface area contributed by atoms with Crippen LogP contribution in [0.5, 0.6) is 0 Å². The standard InChI is InChI=1S/C14H20N2O.ClH/c1-10(2)11-4-3-5-13(8-11)16-14(17)12-6-7-15-9-12;/h3-5,8,10,12,15H,6-7,9H2,1-2H3,(H,16,17);1H. The van der Waals surface area contributed by atoms with Crippen molar-refractivity contribution in [2.75, 3.05) is 18.4 Å². The Morgan fingerprint density at radius 3 is 2.83 bits per heavy atom. The van der Waals surface area contributed by atoms with Crippen molar-refractivity contribution in [3.63, 3.8) is 0 Å². The van der Waals surface area contributed by atoms with E-state index in [1.165, 1.54) is 5.56 Å². The molecule has 1 aromatic carbocycles. The quantitative estimate of drug-likeness (QED) is 0.885. The van der Waals surface area contributed by atoms with Crippen molar-refractivity contribution in [3.05, 3.63) is 29.8 Å². The molecule has 1 fully saturated rings. The van der Waals surface area contributed by atoms with Crippen LogP contribution in [0.2, 0.25) is 0 Å². The number of carbonyl (C=O) groups is 1. The highest BCUT2D eigenvalue weighted by atomic mass is 35.5. The van der Waals surface area contributed by atoms with Gasteiger partial charge in [0.15, 0.2) is 0 Å². The molecular formula is C14H21ClN2O. The number of hydrogen-bond donors (Lipinski definition) is 2. The summed E-state index contributed by atoms with van der Waals surface area (Å²) in [7, 11) is 0. The van der Waals surface area contributed by atoms with Crippen LogP contribution >= 0.6 is 12.4 Å². The molecule has 4 heteroatoms. The number of anilines is 1. The summed E-state index contributed by atoms with van der Waals surface area (Å²) in [6.07, 6.45) is 0.940. The second-order valence-electron chi connectivity index (χ2n) is 4.96. The lowest BCUT2D eigenvalue weighted by Crippen LogP contribution is -2.24. The fraction of sp³-hybridized carbons (Fsp3) is 0.500. The highest BCUT2D eigenvalue weighted by Gasteiger charge is 2.22. The van der Waals surface area contributed by atoms with E-state index in [1.807, 2.05) is 12.1 Å². The van der Waals surface area contributed by atoms with Gasteiger partial charge in [0.25, 0.3) is 0 Å². The molecule has 1 aliphatic heterocycles. The molecule has 1 aromatic rings. The molecule has 3 nitrogen and oxygen atoms in total. The highest BCUT2D eigenvalue weighted by molar-refractivity contribution is 5.93. The topological polar surface area (TPSA) is 41.1 Å². The van der Waals surface area contributed by atoms with E-state index in [1.54, 1.807) is 0 Å². The minimum Gasteiger partial charge on any atom is -0.326 e. The lowest BCUT2D eigenvalue weighted by atomic mass is 10.0. The Morgan fingerprint density at radius 1 is 1.44 bits per heavy atom. The minimum atomic E-state index is 0. The van der Waals surface area contributed by atoms with Gasteiger partial charge >= 0.3 is 0 Å². The molecule has 0 saturated carbocycles. The zero-order valence-electron chi connectivity index (χ0n) is 10.9. The van der Waals surface area contributed by atoms with Gasteiger partial charge in [0.2, 0.25) is 5.91 Å². The fourth-order valence-electron chi connectivity index (χ4n) is 2.10. The van der Waals surface area contributed by atoms with Crippen LogP contribution in [0.25, 0.3) is 0 Å². The van der Waals surface area contributed by atoms with Gasteiger partial charge in [0.1, 0.15) is 0 Å². The van der Waals surface area contributed by atoms with Gasteiger partial charge in [-0.05, 0) is 36.6 Å². The van der Waals surface area contributed by atoms with E-state index in [-0.39, 0.29) is 24.2 Å². The number of hydrogen-bond acceptors (Lipinski definition) is 2.